The summed E-state index contributed by atoms with van der Waals surface area (Å²) in [5, 5.41) is 31.5. The molecule has 1 saturated heterocycles. The summed E-state index contributed by atoms with van der Waals surface area (Å²) in [6, 6.07) is 0. The number of aliphatic carboxylic acids is 1. The minimum Gasteiger partial charge on any atom is -0.479 e. The van der Waals surface area contributed by atoms with E-state index in [1.165, 1.54) is 57.8 Å². The van der Waals surface area contributed by atoms with Crippen LogP contribution in [0.1, 0.15) is 239 Å². The fraction of sp³-hybridized carbons (Fsp3) is 0.652. The smallest absolute Gasteiger partial charge is 0.335 e. The number of aliphatic hydroxyl groups is 2. The number of esters is 3. The van der Waals surface area contributed by atoms with E-state index in [-0.39, 0.29) is 25.9 Å². The minimum absolute atomic E-state index is 0.0276. The van der Waals surface area contributed by atoms with Gasteiger partial charge in [-0.15, -0.1) is 0 Å². The molecule has 6 unspecified atom stereocenters. The predicted molar refractivity (Wildman–Crippen MR) is 330 cm³/mol. The number of aliphatic hydroxyl groups excluding tert-OH is 2. The van der Waals surface area contributed by atoms with Gasteiger partial charge in [-0.1, -0.05) is 226 Å². The van der Waals surface area contributed by atoms with E-state index >= 15 is 0 Å². The van der Waals surface area contributed by atoms with Crippen molar-refractivity contribution in [2.24, 2.45) is 0 Å². The summed E-state index contributed by atoms with van der Waals surface area (Å²) in [7, 11) is 0. The summed E-state index contributed by atoms with van der Waals surface area (Å²) >= 11 is 0. The lowest BCUT2D eigenvalue weighted by atomic mass is 9.98. The number of hydrogen-bond acceptors (Lipinski definition) is 11. The molecule has 1 rings (SSSR count). The van der Waals surface area contributed by atoms with Gasteiger partial charge < -0.3 is 39.0 Å². The van der Waals surface area contributed by atoms with Crippen molar-refractivity contribution in [3.05, 3.63) is 122 Å². The highest BCUT2D eigenvalue weighted by Crippen LogP contribution is 2.26. The van der Waals surface area contributed by atoms with Gasteiger partial charge in [0.25, 0.3) is 0 Å². The van der Waals surface area contributed by atoms with Crippen LogP contribution in [0.5, 0.6) is 0 Å². The van der Waals surface area contributed by atoms with E-state index < -0.39 is 67.3 Å². The van der Waals surface area contributed by atoms with Gasteiger partial charge in [0.1, 0.15) is 18.8 Å². The minimum atomic E-state index is -1.93. The van der Waals surface area contributed by atoms with Crippen LogP contribution < -0.4 is 0 Å². The highest BCUT2D eigenvalue weighted by Gasteiger charge is 2.50. The van der Waals surface area contributed by atoms with Crippen molar-refractivity contribution in [2.75, 3.05) is 13.2 Å². The van der Waals surface area contributed by atoms with Gasteiger partial charge in [-0.3, -0.25) is 14.4 Å². The maximum absolute atomic E-state index is 13.2. The quantitative estimate of drug-likeness (QED) is 0.0228. The van der Waals surface area contributed by atoms with Crippen LogP contribution in [0.2, 0.25) is 0 Å². The molecule has 1 fully saturated rings. The Morgan fingerprint density at radius 1 is 0.420 bits per heavy atom. The lowest BCUT2D eigenvalue weighted by Gasteiger charge is -2.40. The molecular weight excluding hydrogens is 1020 g/mol. The highest BCUT2D eigenvalue weighted by molar-refractivity contribution is 5.74. The van der Waals surface area contributed by atoms with Gasteiger partial charge in [0, 0.05) is 19.3 Å². The molecule has 0 aromatic rings. The van der Waals surface area contributed by atoms with Crippen molar-refractivity contribution in [3.8, 4) is 0 Å². The number of carbonyl (C=O) groups is 4. The van der Waals surface area contributed by atoms with E-state index in [0.29, 0.717) is 19.3 Å². The molecule has 0 amide bonds. The molecule has 0 spiro atoms. The molecule has 1 aliphatic heterocycles. The molecule has 0 aliphatic carbocycles. The molecule has 6 atom stereocenters. The summed E-state index contributed by atoms with van der Waals surface area (Å²) in [6.07, 6.45) is 64.6. The van der Waals surface area contributed by atoms with Crippen LogP contribution in [0.25, 0.3) is 0 Å². The maximum atomic E-state index is 13.2. The molecule has 0 radical (unpaired) electrons. The first kappa shape index (κ1) is 74.1. The molecule has 81 heavy (non-hydrogen) atoms. The first-order valence-corrected chi connectivity index (χ1v) is 31.5. The summed E-state index contributed by atoms with van der Waals surface area (Å²) in [6.45, 7) is 5.69. The number of allylic oxidation sites excluding steroid dienone is 20. The Morgan fingerprint density at radius 3 is 1.25 bits per heavy atom. The van der Waals surface area contributed by atoms with E-state index in [0.717, 1.165) is 122 Å². The molecule has 1 heterocycles. The third-order valence-electron chi connectivity index (χ3n) is 13.5. The van der Waals surface area contributed by atoms with Crippen LogP contribution in [-0.2, 0) is 42.9 Å². The van der Waals surface area contributed by atoms with Crippen LogP contribution >= 0.6 is 0 Å². The first-order valence-electron chi connectivity index (χ1n) is 31.5. The Bertz CT molecular complexity index is 1870. The van der Waals surface area contributed by atoms with Crippen LogP contribution in [0.3, 0.4) is 0 Å². The SMILES string of the molecule is CC/C=C\C/C=C\C/C=C\C/C=C\C/C=C\C/C=C\CCC(=O)OCC(COC1OC(C(=O)O)C(O)C(O)C1OC(=O)CCCCCCC/C=C\C/C=C\C/C=C\CC)OC(=O)CCCCCCCCC/C=C\CCCCCCCC. The topological polar surface area (TPSA) is 175 Å². The monoisotopic (exact) mass is 1130 g/mol. The van der Waals surface area contributed by atoms with Gasteiger partial charge in [-0.05, 0) is 116 Å². The van der Waals surface area contributed by atoms with Crippen molar-refractivity contribution in [1.29, 1.82) is 0 Å². The van der Waals surface area contributed by atoms with Crippen molar-refractivity contribution in [1.82, 2.24) is 0 Å². The van der Waals surface area contributed by atoms with Gasteiger partial charge in [0.2, 0.25) is 0 Å². The lowest BCUT2D eigenvalue weighted by Crippen LogP contribution is -2.61. The third kappa shape index (κ3) is 45.3. The molecule has 1 aliphatic rings. The summed E-state index contributed by atoms with van der Waals surface area (Å²) < 4.78 is 28.4. The Kier molecular flexibility index (Phi) is 50.9. The van der Waals surface area contributed by atoms with Crippen LogP contribution in [0, 0.1) is 0 Å². The maximum Gasteiger partial charge on any atom is 0.335 e. The number of rotatable bonds is 52. The molecule has 12 heteroatoms. The molecule has 3 N–H and O–H groups in total. The molecule has 0 saturated carbocycles. The summed E-state index contributed by atoms with van der Waals surface area (Å²) in [4.78, 5) is 51.2. The van der Waals surface area contributed by atoms with E-state index in [9.17, 15) is 34.5 Å². The number of ether oxygens (including phenoxy) is 5. The zero-order chi connectivity index (χ0) is 58.9. The van der Waals surface area contributed by atoms with Crippen molar-refractivity contribution in [2.45, 2.75) is 276 Å². The van der Waals surface area contributed by atoms with Crippen molar-refractivity contribution >= 4 is 23.9 Å². The molecule has 0 bridgehead atoms. The van der Waals surface area contributed by atoms with Crippen LogP contribution in [-0.4, -0.2) is 89.2 Å². The fourth-order valence-corrected chi connectivity index (χ4v) is 8.76. The largest absolute Gasteiger partial charge is 0.479 e. The third-order valence-corrected chi connectivity index (χ3v) is 13.5. The summed E-state index contributed by atoms with van der Waals surface area (Å²) in [5.41, 5.74) is 0. The zero-order valence-electron chi connectivity index (χ0n) is 50.5. The molecule has 12 nitrogen and oxygen atoms in total. The predicted octanol–water partition coefficient (Wildman–Crippen LogP) is 16.8. The second kappa shape index (κ2) is 55.6. The molecule has 0 aromatic heterocycles. The lowest BCUT2D eigenvalue weighted by molar-refractivity contribution is -0.301. The van der Waals surface area contributed by atoms with E-state index in [2.05, 4.69) is 130 Å². The van der Waals surface area contributed by atoms with E-state index in [1.54, 1.807) is 0 Å². The fourth-order valence-electron chi connectivity index (χ4n) is 8.76. The van der Waals surface area contributed by atoms with Crippen LogP contribution in [0.15, 0.2) is 122 Å². The molecule has 0 aromatic carbocycles. The number of hydrogen-bond donors (Lipinski definition) is 3. The van der Waals surface area contributed by atoms with Gasteiger partial charge in [0.15, 0.2) is 24.6 Å². The molecular formula is C69H110O12. The van der Waals surface area contributed by atoms with Crippen molar-refractivity contribution < 1.29 is 58.2 Å². The zero-order valence-corrected chi connectivity index (χ0v) is 50.5. The average Bonchev–Trinajstić information content (AvgIpc) is 3.53. The van der Waals surface area contributed by atoms with E-state index in [1.807, 2.05) is 12.2 Å². The number of carbonyl (C=O) groups excluding carboxylic acids is 3. The standard InChI is InChI=1S/C69H110O12/c1-4-7-10-13-16-19-22-25-28-30-31-33-35-37-40-43-46-49-52-55-61(70)77-58-60(79-62(71)56-53-50-47-44-41-39-36-32-29-26-23-20-17-14-11-8-5-2)59-78-69-67(65(74)64(73)66(81-69)68(75)76)80-63(72)57-54-51-48-45-42-38-34-27-24-21-18-15-12-9-6-3/h7,9-10,12,16,18-19,21,25-29,31,33-34,37,40,46,49,60,64-67,69,73-74H,4-6,8,11,13-15,17,20,22-24,30,32,35-36,38-39,41-45,47-48,50-59H2,1-3H3,(H,75,76)/b10-7-,12-9-,19-16-,21-18-,28-25-,29-26-,33-31-,34-27-,40-37-,49-46-. The van der Waals surface area contributed by atoms with Crippen LogP contribution in [0.4, 0.5) is 0 Å². The Balaban J connectivity index is 2.74. The Labute approximate surface area is 490 Å². The highest BCUT2D eigenvalue weighted by atomic mass is 16.7. The Morgan fingerprint density at radius 2 is 0.802 bits per heavy atom. The van der Waals surface area contributed by atoms with E-state index in [4.69, 9.17) is 23.7 Å². The second-order valence-electron chi connectivity index (χ2n) is 20.9. The number of unbranched alkanes of at least 4 members (excludes halogenated alkanes) is 18. The normalized spacial score (nSPS) is 18.6. The second-order valence-corrected chi connectivity index (χ2v) is 20.9. The average molecular weight is 1130 g/mol. The van der Waals surface area contributed by atoms with Gasteiger partial charge in [0.05, 0.1) is 6.61 Å². The van der Waals surface area contributed by atoms with Gasteiger partial charge in [-0.25, -0.2) is 4.79 Å². The number of carboxylic acid groups (broad SMARTS) is 1. The first-order chi connectivity index (χ1) is 39.6. The van der Waals surface area contributed by atoms with Gasteiger partial charge in [-0.2, -0.15) is 0 Å². The number of carboxylic acids is 1. The Hall–Kier alpha value is -4.88. The van der Waals surface area contributed by atoms with Crippen molar-refractivity contribution in [3.63, 3.8) is 0 Å². The molecule has 458 valence electrons. The summed E-state index contributed by atoms with van der Waals surface area (Å²) in [5.74, 6) is -3.27. The van der Waals surface area contributed by atoms with Gasteiger partial charge >= 0.3 is 23.9 Å².